The average molecular weight is 221 g/mol. The summed E-state index contributed by atoms with van der Waals surface area (Å²) >= 11 is 1.56. The van der Waals surface area contributed by atoms with Gasteiger partial charge in [-0.15, -0.1) is 11.8 Å². The quantitative estimate of drug-likeness (QED) is 0.779. The molecule has 78 valence electrons. The van der Waals surface area contributed by atoms with Gasteiger partial charge >= 0.3 is 0 Å². The summed E-state index contributed by atoms with van der Waals surface area (Å²) in [6.45, 7) is 3.79. The van der Waals surface area contributed by atoms with E-state index in [0.29, 0.717) is 0 Å². The molecule has 1 aromatic heterocycles. The molecule has 1 aromatic rings. The van der Waals surface area contributed by atoms with Crippen molar-refractivity contribution in [2.75, 3.05) is 0 Å². The zero-order valence-electron chi connectivity index (χ0n) is 8.52. The van der Waals surface area contributed by atoms with Gasteiger partial charge in [0, 0.05) is 16.2 Å². The van der Waals surface area contributed by atoms with Crippen LogP contribution in [-0.4, -0.2) is 21.4 Å². The minimum Gasteiger partial charge on any atom is -0.328 e. The van der Waals surface area contributed by atoms with Gasteiger partial charge in [0.15, 0.2) is 0 Å². The molecule has 1 aliphatic heterocycles. The van der Waals surface area contributed by atoms with Crippen molar-refractivity contribution < 1.29 is 4.79 Å². The number of rotatable bonds is 1. The Balaban J connectivity index is 2.37. The normalized spacial score (nSPS) is 21.5. The molecule has 0 aliphatic carbocycles. The number of hydrogen-bond donors (Lipinski definition) is 1. The molecule has 0 saturated carbocycles. The first-order chi connectivity index (χ1) is 7.18. The maximum Gasteiger partial charge on any atom is 0.237 e. The monoisotopic (exact) mass is 221 g/mol. The molecular formula is C10H11N3OS. The molecule has 0 radical (unpaired) electrons. The number of hydrogen-bond acceptors (Lipinski definition) is 4. The lowest BCUT2D eigenvalue weighted by Crippen LogP contribution is -2.33. The van der Waals surface area contributed by atoms with E-state index >= 15 is 0 Å². The average Bonchev–Trinajstić information content (AvgIpc) is 2.25. The van der Waals surface area contributed by atoms with Crippen molar-refractivity contribution >= 4 is 22.6 Å². The molecule has 15 heavy (non-hydrogen) atoms. The van der Waals surface area contributed by atoms with E-state index in [1.165, 1.54) is 0 Å². The molecule has 5 heteroatoms. The van der Waals surface area contributed by atoms with Gasteiger partial charge in [-0.3, -0.25) is 4.79 Å². The second-order valence-electron chi connectivity index (χ2n) is 3.33. The Morgan fingerprint density at radius 1 is 1.47 bits per heavy atom. The highest BCUT2D eigenvalue weighted by Crippen LogP contribution is 2.35. The van der Waals surface area contributed by atoms with Gasteiger partial charge in [-0.05, 0) is 19.9 Å². The number of allylic oxidation sites excluding steroid dienone is 1. The van der Waals surface area contributed by atoms with E-state index < -0.39 is 0 Å². The SMILES string of the molecule is CC1=C(c2ccnnc2)SC(C)C(=O)N1. The summed E-state index contributed by atoms with van der Waals surface area (Å²) in [5, 5.41) is 10.3. The van der Waals surface area contributed by atoms with Gasteiger partial charge in [-0.2, -0.15) is 10.2 Å². The van der Waals surface area contributed by atoms with Crippen LogP contribution < -0.4 is 5.32 Å². The molecule has 1 N–H and O–H groups in total. The van der Waals surface area contributed by atoms with E-state index in [4.69, 9.17) is 0 Å². The van der Waals surface area contributed by atoms with Crippen molar-refractivity contribution in [1.29, 1.82) is 0 Å². The van der Waals surface area contributed by atoms with Crippen molar-refractivity contribution in [2.24, 2.45) is 0 Å². The lowest BCUT2D eigenvalue weighted by molar-refractivity contribution is -0.119. The minimum atomic E-state index is -0.0585. The van der Waals surface area contributed by atoms with E-state index in [0.717, 1.165) is 16.2 Å². The summed E-state index contributed by atoms with van der Waals surface area (Å²) in [6, 6.07) is 1.89. The van der Waals surface area contributed by atoms with Crippen LogP contribution in [0.15, 0.2) is 24.2 Å². The van der Waals surface area contributed by atoms with Crippen molar-refractivity contribution in [3.05, 3.63) is 29.7 Å². The largest absolute Gasteiger partial charge is 0.328 e. The number of aromatic nitrogens is 2. The van der Waals surface area contributed by atoms with Gasteiger partial charge in [0.1, 0.15) is 0 Å². The Morgan fingerprint density at radius 2 is 2.27 bits per heavy atom. The molecule has 2 heterocycles. The first-order valence-electron chi connectivity index (χ1n) is 4.64. The Kier molecular flexibility index (Phi) is 2.73. The lowest BCUT2D eigenvalue weighted by atomic mass is 10.2. The maximum absolute atomic E-state index is 11.4. The summed E-state index contributed by atoms with van der Waals surface area (Å²) in [6.07, 6.45) is 3.35. The van der Waals surface area contributed by atoms with Gasteiger partial charge in [-0.25, -0.2) is 0 Å². The highest BCUT2D eigenvalue weighted by atomic mass is 32.2. The van der Waals surface area contributed by atoms with Gasteiger partial charge in [-0.1, -0.05) is 0 Å². The second kappa shape index (κ2) is 4.02. The summed E-state index contributed by atoms with van der Waals surface area (Å²) in [4.78, 5) is 12.5. The van der Waals surface area contributed by atoms with Crippen LogP contribution in [0, 0.1) is 0 Å². The third-order valence-electron chi connectivity index (χ3n) is 2.16. The third-order valence-corrected chi connectivity index (χ3v) is 3.51. The number of thioether (sulfide) groups is 1. The zero-order chi connectivity index (χ0) is 10.8. The highest BCUT2D eigenvalue weighted by Gasteiger charge is 2.23. The molecule has 0 saturated heterocycles. The van der Waals surface area contributed by atoms with E-state index in [2.05, 4.69) is 15.5 Å². The predicted octanol–water partition coefficient (Wildman–Crippen LogP) is 1.42. The van der Waals surface area contributed by atoms with Crippen molar-refractivity contribution in [2.45, 2.75) is 19.1 Å². The number of carbonyl (C=O) groups is 1. The molecule has 1 aliphatic rings. The van der Waals surface area contributed by atoms with Gasteiger partial charge in [0.25, 0.3) is 0 Å². The molecule has 0 bridgehead atoms. The fraction of sp³-hybridized carbons (Fsp3) is 0.300. The van der Waals surface area contributed by atoms with Crippen molar-refractivity contribution in [1.82, 2.24) is 15.5 Å². The number of nitrogens with zero attached hydrogens (tertiary/aromatic N) is 2. The molecule has 4 nitrogen and oxygen atoms in total. The van der Waals surface area contributed by atoms with Crippen molar-refractivity contribution in [3.63, 3.8) is 0 Å². The zero-order valence-corrected chi connectivity index (χ0v) is 9.34. The smallest absolute Gasteiger partial charge is 0.237 e. The van der Waals surface area contributed by atoms with Crippen LogP contribution in [0.3, 0.4) is 0 Å². The summed E-state index contributed by atoms with van der Waals surface area (Å²) in [5.41, 5.74) is 1.88. The van der Waals surface area contributed by atoms with Crippen LogP contribution in [0.5, 0.6) is 0 Å². The fourth-order valence-corrected chi connectivity index (χ4v) is 2.38. The van der Waals surface area contributed by atoms with E-state index in [1.807, 2.05) is 19.9 Å². The molecule has 0 aromatic carbocycles. The molecule has 2 rings (SSSR count). The number of nitrogens with one attached hydrogen (secondary N) is 1. The molecule has 1 atom stereocenters. The first-order valence-corrected chi connectivity index (χ1v) is 5.52. The van der Waals surface area contributed by atoms with E-state index in [9.17, 15) is 4.79 Å². The van der Waals surface area contributed by atoms with Gasteiger partial charge in [0.05, 0.1) is 17.6 Å². The Morgan fingerprint density at radius 3 is 2.93 bits per heavy atom. The predicted molar refractivity (Wildman–Crippen MR) is 59.8 cm³/mol. The molecule has 0 spiro atoms. The van der Waals surface area contributed by atoms with Crippen LogP contribution in [0.1, 0.15) is 19.4 Å². The number of amides is 1. The summed E-state index contributed by atoms with van der Waals surface area (Å²) in [5.74, 6) is 0.0586. The van der Waals surface area contributed by atoms with Crippen LogP contribution in [-0.2, 0) is 4.79 Å². The number of carbonyl (C=O) groups excluding carboxylic acids is 1. The molecule has 1 amide bonds. The Labute approximate surface area is 92.2 Å². The highest BCUT2D eigenvalue weighted by molar-refractivity contribution is 8.09. The van der Waals surface area contributed by atoms with E-state index in [1.54, 1.807) is 24.2 Å². The van der Waals surface area contributed by atoms with Crippen LogP contribution >= 0.6 is 11.8 Å². The summed E-state index contributed by atoms with van der Waals surface area (Å²) in [7, 11) is 0. The van der Waals surface area contributed by atoms with Gasteiger partial charge < -0.3 is 5.32 Å². The Hall–Kier alpha value is -1.36. The van der Waals surface area contributed by atoms with Crippen molar-refractivity contribution in [3.8, 4) is 0 Å². The minimum absolute atomic E-state index is 0.0585. The first kappa shape index (κ1) is 10.2. The lowest BCUT2D eigenvalue weighted by Gasteiger charge is -2.22. The maximum atomic E-state index is 11.4. The molecular weight excluding hydrogens is 210 g/mol. The van der Waals surface area contributed by atoms with Crippen LogP contribution in [0.2, 0.25) is 0 Å². The molecule has 1 unspecified atom stereocenters. The third kappa shape index (κ3) is 2.02. The van der Waals surface area contributed by atoms with E-state index in [-0.39, 0.29) is 11.2 Å². The van der Waals surface area contributed by atoms with Crippen LogP contribution in [0.25, 0.3) is 4.91 Å². The fourth-order valence-electron chi connectivity index (χ4n) is 1.37. The second-order valence-corrected chi connectivity index (χ2v) is 4.69. The Bertz CT molecular complexity index is 416. The van der Waals surface area contributed by atoms with Gasteiger partial charge in [0.2, 0.25) is 5.91 Å². The summed E-state index contributed by atoms with van der Waals surface area (Å²) < 4.78 is 0. The molecule has 0 fully saturated rings. The topological polar surface area (TPSA) is 54.9 Å². The van der Waals surface area contributed by atoms with Crippen LogP contribution in [0.4, 0.5) is 0 Å². The standard InChI is InChI=1S/C10H11N3OS/c1-6-9(8-3-4-11-12-5-8)15-7(2)10(14)13-6/h3-5,7H,1-2H3,(H,13,14).